The Morgan fingerprint density at radius 1 is 1.33 bits per heavy atom. The lowest BCUT2D eigenvalue weighted by Gasteiger charge is -2.11. The molecule has 1 fully saturated rings. The van der Waals surface area contributed by atoms with Crippen molar-refractivity contribution in [1.29, 1.82) is 0 Å². The summed E-state index contributed by atoms with van der Waals surface area (Å²) in [5.74, 6) is 0.888. The average Bonchev–Trinajstić information content (AvgIpc) is 1.97. The smallest absolute Gasteiger partial charge is 0.182 e. The third-order valence-electron chi connectivity index (χ3n) is 2.05. The molecule has 0 aromatic rings. The Morgan fingerprint density at radius 3 is 2.89 bits per heavy atom. The molecule has 1 saturated heterocycles. The second-order valence-corrected chi connectivity index (χ2v) is 3.07. The van der Waals surface area contributed by atoms with E-state index in [0.29, 0.717) is 0 Å². The first-order valence-electron chi connectivity index (χ1n) is 3.78. The maximum Gasteiger partial charge on any atom is 0.182 e. The molecule has 1 unspecified atom stereocenters. The van der Waals surface area contributed by atoms with E-state index in [1.165, 1.54) is 19.3 Å². The zero-order valence-corrected chi connectivity index (χ0v) is 6.14. The van der Waals surface area contributed by atoms with Crippen molar-refractivity contribution in [3.63, 3.8) is 0 Å². The fourth-order valence-electron chi connectivity index (χ4n) is 1.29. The standard InChI is InChI=1S/C7H14BN/c1-7-3-2-5-9(8)6-4-7/h7H,2-6H2,1H3. The number of nitrogens with zero attached hydrogens (tertiary/aromatic N) is 1. The molecule has 1 aliphatic rings. The van der Waals surface area contributed by atoms with Gasteiger partial charge < -0.3 is 4.81 Å². The third kappa shape index (κ3) is 2.40. The van der Waals surface area contributed by atoms with Crippen LogP contribution in [0.1, 0.15) is 26.2 Å². The molecule has 1 atom stereocenters. The first kappa shape index (κ1) is 7.14. The van der Waals surface area contributed by atoms with E-state index < -0.39 is 0 Å². The van der Waals surface area contributed by atoms with E-state index in [1.54, 1.807) is 0 Å². The molecule has 9 heavy (non-hydrogen) atoms. The van der Waals surface area contributed by atoms with Crippen LogP contribution in [0.25, 0.3) is 0 Å². The van der Waals surface area contributed by atoms with E-state index in [-0.39, 0.29) is 0 Å². The van der Waals surface area contributed by atoms with E-state index in [4.69, 9.17) is 7.98 Å². The second kappa shape index (κ2) is 3.26. The molecule has 0 spiro atoms. The quantitative estimate of drug-likeness (QED) is 0.437. The molecule has 2 radical (unpaired) electrons. The Kier molecular flexibility index (Phi) is 2.58. The molecule has 0 aromatic carbocycles. The second-order valence-electron chi connectivity index (χ2n) is 3.07. The highest BCUT2D eigenvalue weighted by molar-refractivity contribution is 6.04. The Labute approximate surface area is 58.9 Å². The van der Waals surface area contributed by atoms with Crippen molar-refractivity contribution in [2.75, 3.05) is 13.1 Å². The zero-order valence-electron chi connectivity index (χ0n) is 6.14. The molecule has 2 heteroatoms. The van der Waals surface area contributed by atoms with Gasteiger partial charge in [0.05, 0.1) is 0 Å². The van der Waals surface area contributed by atoms with Crippen LogP contribution in [0.5, 0.6) is 0 Å². The minimum Gasteiger partial charge on any atom is -0.353 e. The van der Waals surface area contributed by atoms with E-state index in [0.717, 1.165) is 19.0 Å². The van der Waals surface area contributed by atoms with Gasteiger partial charge in [-0.15, -0.1) is 0 Å². The molecule has 0 amide bonds. The highest BCUT2D eigenvalue weighted by Crippen LogP contribution is 2.14. The van der Waals surface area contributed by atoms with Crippen molar-refractivity contribution < 1.29 is 0 Å². The monoisotopic (exact) mass is 123 g/mol. The van der Waals surface area contributed by atoms with Crippen molar-refractivity contribution in [3.05, 3.63) is 0 Å². The molecule has 0 saturated carbocycles. The Hall–Kier alpha value is 0.0249. The maximum absolute atomic E-state index is 5.63. The van der Waals surface area contributed by atoms with Crippen LogP contribution in [0.2, 0.25) is 0 Å². The van der Waals surface area contributed by atoms with E-state index in [1.807, 2.05) is 4.81 Å². The van der Waals surface area contributed by atoms with Crippen LogP contribution >= 0.6 is 0 Å². The lowest BCUT2D eigenvalue weighted by atomic mass is 10.0. The molecule has 0 aromatic heterocycles. The molecule has 50 valence electrons. The molecule has 1 rings (SSSR count). The summed E-state index contributed by atoms with van der Waals surface area (Å²) in [6.45, 7) is 4.48. The van der Waals surface area contributed by atoms with Gasteiger partial charge in [-0.2, -0.15) is 0 Å². The normalized spacial score (nSPS) is 31.9. The first-order chi connectivity index (χ1) is 4.29. The highest BCUT2D eigenvalue weighted by atomic mass is 15.0. The average molecular weight is 123 g/mol. The zero-order chi connectivity index (χ0) is 6.69. The molecule has 1 heterocycles. The molecular weight excluding hydrogens is 109 g/mol. The van der Waals surface area contributed by atoms with Crippen molar-refractivity contribution >= 4 is 7.98 Å². The van der Waals surface area contributed by atoms with Crippen LogP contribution in [-0.4, -0.2) is 25.9 Å². The van der Waals surface area contributed by atoms with Gasteiger partial charge in [0.15, 0.2) is 7.98 Å². The van der Waals surface area contributed by atoms with Crippen LogP contribution < -0.4 is 0 Å². The fourth-order valence-corrected chi connectivity index (χ4v) is 1.29. The largest absolute Gasteiger partial charge is 0.353 e. The topological polar surface area (TPSA) is 3.24 Å². The van der Waals surface area contributed by atoms with Crippen molar-refractivity contribution in [1.82, 2.24) is 4.81 Å². The number of hydrogen-bond acceptors (Lipinski definition) is 1. The van der Waals surface area contributed by atoms with Gasteiger partial charge in [0.2, 0.25) is 0 Å². The van der Waals surface area contributed by atoms with Crippen molar-refractivity contribution in [3.8, 4) is 0 Å². The summed E-state index contributed by atoms with van der Waals surface area (Å²) in [7, 11) is 5.63. The van der Waals surface area contributed by atoms with Crippen molar-refractivity contribution in [2.24, 2.45) is 5.92 Å². The SMILES string of the molecule is [B]N1CCCC(C)CC1. The maximum atomic E-state index is 5.63. The Bertz CT molecular complexity index is 75.0. The predicted octanol–water partition coefficient (Wildman–Crippen LogP) is 1.19. The van der Waals surface area contributed by atoms with E-state index in [9.17, 15) is 0 Å². The molecule has 0 aliphatic carbocycles. The van der Waals surface area contributed by atoms with Gasteiger partial charge in [0, 0.05) is 0 Å². The van der Waals surface area contributed by atoms with E-state index >= 15 is 0 Å². The van der Waals surface area contributed by atoms with Gasteiger partial charge in [-0.05, 0) is 38.3 Å². The summed E-state index contributed by atoms with van der Waals surface area (Å²) in [5, 5.41) is 0. The summed E-state index contributed by atoms with van der Waals surface area (Å²) in [6.07, 6.45) is 3.90. The van der Waals surface area contributed by atoms with Gasteiger partial charge in [0.25, 0.3) is 0 Å². The predicted molar refractivity (Wildman–Crippen MR) is 40.3 cm³/mol. The Morgan fingerprint density at radius 2 is 2.11 bits per heavy atom. The van der Waals surface area contributed by atoms with Gasteiger partial charge in [-0.3, -0.25) is 0 Å². The lowest BCUT2D eigenvalue weighted by Crippen LogP contribution is -2.20. The Balaban J connectivity index is 2.25. The summed E-state index contributed by atoms with van der Waals surface area (Å²) in [5.41, 5.74) is 0. The first-order valence-corrected chi connectivity index (χ1v) is 3.78. The minimum atomic E-state index is 0.888. The van der Waals surface area contributed by atoms with Gasteiger partial charge in [-0.25, -0.2) is 0 Å². The van der Waals surface area contributed by atoms with E-state index in [2.05, 4.69) is 6.92 Å². The highest BCUT2D eigenvalue weighted by Gasteiger charge is 2.08. The molecular formula is C7H14BN. The summed E-state index contributed by atoms with van der Waals surface area (Å²) < 4.78 is 0. The van der Waals surface area contributed by atoms with Crippen LogP contribution in [0.4, 0.5) is 0 Å². The number of rotatable bonds is 0. The van der Waals surface area contributed by atoms with Gasteiger partial charge >= 0.3 is 0 Å². The van der Waals surface area contributed by atoms with Crippen molar-refractivity contribution in [2.45, 2.75) is 26.2 Å². The fraction of sp³-hybridized carbons (Fsp3) is 1.00. The molecule has 1 nitrogen and oxygen atoms in total. The molecule has 0 bridgehead atoms. The van der Waals surface area contributed by atoms with Crippen LogP contribution in [0.15, 0.2) is 0 Å². The van der Waals surface area contributed by atoms with Crippen LogP contribution in [0, 0.1) is 5.92 Å². The van der Waals surface area contributed by atoms with Gasteiger partial charge in [-0.1, -0.05) is 6.92 Å². The van der Waals surface area contributed by atoms with Crippen LogP contribution in [0.3, 0.4) is 0 Å². The lowest BCUT2D eigenvalue weighted by molar-refractivity contribution is 0.456. The summed E-state index contributed by atoms with van der Waals surface area (Å²) >= 11 is 0. The summed E-state index contributed by atoms with van der Waals surface area (Å²) in [6, 6.07) is 0. The van der Waals surface area contributed by atoms with Gasteiger partial charge in [0.1, 0.15) is 0 Å². The number of hydrogen-bond donors (Lipinski definition) is 0. The molecule has 1 aliphatic heterocycles. The van der Waals surface area contributed by atoms with Crippen LogP contribution in [-0.2, 0) is 0 Å². The summed E-state index contributed by atoms with van der Waals surface area (Å²) in [4.78, 5) is 1.93. The minimum absolute atomic E-state index is 0.888. The molecule has 0 N–H and O–H groups in total. The third-order valence-corrected chi connectivity index (χ3v) is 2.05.